The maximum Gasteiger partial charge on any atom is 0.184 e. The van der Waals surface area contributed by atoms with Crippen LogP contribution >= 0.6 is 0 Å². The van der Waals surface area contributed by atoms with Gasteiger partial charge in [0.25, 0.3) is 0 Å². The molecule has 0 N–H and O–H groups in total. The zero-order valence-electron chi connectivity index (χ0n) is 12.6. The molecule has 2 aromatic rings. The van der Waals surface area contributed by atoms with E-state index in [1.54, 1.807) is 7.11 Å². The Balaban J connectivity index is 2.07. The van der Waals surface area contributed by atoms with Gasteiger partial charge in [-0.05, 0) is 24.3 Å². The van der Waals surface area contributed by atoms with Gasteiger partial charge in [-0.15, -0.1) is 0 Å². The molecule has 1 aromatic carbocycles. The molecule has 1 aliphatic carbocycles. The van der Waals surface area contributed by atoms with E-state index in [1.165, 1.54) is 18.4 Å². The minimum Gasteiger partial charge on any atom is -0.496 e. The van der Waals surface area contributed by atoms with Crippen molar-refractivity contribution in [3.63, 3.8) is 0 Å². The van der Waals surface area contributed by atoms with Crippen molar-refractivity contribution in [1.29, 1.82) is 0 Å². The van der Waals surface area contributed by atoms with Crippen LogP contribution in [0.5, 0.6) is 5.75 Å². The first-order valence-electron chi connectivity index (χ1n) is 7.09. The highest BCUT2D eigenvalue weighted by atomic mass is 16.5. The molecule has 4 heteroatoms. The third-order valence-electron chi connectivity index (χ3n) is 3.70. The highest BCUT2D eigenvalue weighted by Crippen LogP contribution is 2.39. The summed E-state index contributed by atoms with van der Waals surface area (Å²) in [6.45, 7) is 6.56. The molecule has 0 radical (unpaired) electrons. The van der Waals surface area contributed by atoms with E-state index in [2.05, 4.69) is 43.0 Å². The second-order valence-electron chi connectivity index (χ2n) is 6.42. The Labute approximate surface area is 119 Å². The van der Waals surface area contributed by atoms with Gasteiger partial charge in [-0.25, -0.2) is 9.67 Å². The minimum atomic E-state index is 0.0282. The van der Waals surface area contributed by atoms with E-state index in [1.807, 2.05) is 17.1 Å². The van der Waals surface area contributed by atoms with Gasteiger partial charge in [0.05, 0.1) is 18.7 Å². The summed E-state index contributed by atoms with van der Waals surface area (Å²) >= 11 is 0. The van der Waals surface area contributed by atoms with Gasteiger partial charge in [0.1, 0.15) is 12.1 Å². The molecule has 0 atom stereocenters. The Bertz CT molecular complexity index is 621. The summed E-state index contributed by atoms with van der Waals surface area (Å²) in [4.78, 5) is 4.45. The molecule has 0 aliphatic heterocycles. The smallest absolute Gasteiger partial charge is 0.184 e. The predicted octanol–water partition coefficient (Wildman–Crippen LogP) is 3.59. The van der Waals surface area contributed by atoms with E-state index in [0.717, 1.165) is 17.1 Å². The molecule has 0 unspecified atom stereocenters. The first-order valence-corrected chi connectivity index (χ1v) is 7.09. The molecule has 1 fully saturated rings. The van der Waals surface area contributed by atoms with Gasteiger partial charge >= 0.3 is 0 Å². The normalized spacial score (nSPS) is 15.4. The van der Waals surface area contributed by atoms with Crippen molar-refractivity contribution in [3.8, 4) is 17.1 Å². The third kappa shape index (κ3) is 2.30. The first-order chi connectivity index (χ1) is 9.50. The van der Waals surface area contributed by atoms with Crippen LogP contribution in [0.1, 0.15) is 45.2 Å². The molecule has 20 heavy (non-hydrogen) atoms. The van der Waals surface area contributed by atoms with Crippen molar-refractivity contribution >= 4 is 0 Å². The molecule has 106 valence electrons. The van der Waals surface area contributed by atoms with E-state index >= 15 is 0 Å². The third-order valence-corrected chi connectivity index (χ3v) is 3.70. The summed E-state index contributed by atoms with van der Waals surface area (Å²) in [6, 6.07) is 6.74. The Morgan fingerprint density at radius 2 is 2.00 bits per heavy atom. The number of rotatable bonds is 3. The van der Waals surface area contributed by atoms with Gasteiger partial charge in [-0.3, -0.25) is 0 Å². The number of nitrogens with zero attached hydrogens (tertiary/aromatic N) is 3. The van der Waals surface area contributed by atoms with Crippen LogP contribution < -0.4 is 4.74 Å². The van der Waals surface area contributed by atoms with E-state index < -0.39 is 0 Å². The summed E-state index contributed by atoms with van der Waals surface area (Å²) in [5.74, 6) is 1.63. The lowest BCUT2D eigenvalue weighted by Crippen LogP contribution is -2.13. The van der Waals surface area contributed by atoms with E-state index in [9.17, 15) is 0 Å². The fraction of sp³-hybridized carbons (Fsp3) is 0.500. The number of methoxy groups -OCH3 is 1. The average molecular weight is 271 g/mol. The number of aromatic nitrogens is 3. The lowest BCUT2D eigenvalue weighted by atomic mass is 9.85. The van der Waals surface area contributed by atoms with Gasteiger partial charge in [0.15, 0.2) is 5.82 Å². The summed E-state index contributed by atoms with van der Waals surface area (Å²) in [5.41, 5.74) is 2.18. The Hall–Kier alpha value is -1.84. The lowest BCUT2D eigenvalue weighted by molar-refractivity contribution is 0.399. The summed E-state index contributed by atoms with van der Waals surface area (Å²) in [5, 5.41) is 4.60. The first kappa shape index (κ1) is 13.2. The van der Waals surface area contributed by atoms with Crippen LogP contribution in [0, 0.1) is 0 Å². The second-order valence-corrected chi connectivity index (χ2v) is 6.42. The highest BCUT2D eigenvalue weighted by Gasteiger charge is 2.26. The van der Waals surface area contributed by atoms with Crippen molar-refractivity contribution in [3.05, 3.63) is 30.1 Å². The molecule has 0 amide bonds. The van der Waals surface area contributed by atoms with E-state index in [-0.39, 0.29) is 5.41 Å². The van der Waals surface area contributed by atoms with Crippen molar-refractivity contribution in [2.75, 3.05) is 7.11 Å². The summed E-state index contributed by atoms with van der Waals surface area (Å²) in [6.07, 6.45) is 4.25. The maximum atomic E-state index is 5.65. The van der Waals surface area contributed by atoms with E-state index in [4.69, 9.17) is 4.74 Å². The molecular formula is C16H21N3O. The predicted molar refractivity (Wildman–Crippen MR) is 79.0 cm³/mol. The molecule has 0 bridgehead atoms. The van der Waals surface area contributed by atoms with Crippen LogP contribution in [0.3, 0.4) is 0 Å². The highest BCUT2D eigenvalue weighted by molar-refractivity contribution is 5.67. The maximum absolute atomic E-state index is 5.65. The average Bonchev–Trinajstić information content (AvgIpc) is 3.15. The molecule has 1 aliphatic rings. The van der Waals surface area contributed by atoms with Crippen LogP contribution in [0.15, 0.2) is 24.5 Å². The van der Waals surface area contributed by atoms with Crippen molar-refractivity contribution in [2.45, 2.75) is 45.1 Å². The van der Waals surface area contributed by atoms with Gasteiger partial charge in [0.2, 0.25) is 0 Å². The zero-order chi connectivity index (χ0) is 14.3. The molecule has 4 nitrogen and oxygen atoms in total. The topological polar surface area (TPSA) is 39.9 Å². The molecule has 1 heterocycles. The van der Waals surface area contributed by atoms with Gasteiger partial charge in [0, 0.05) is 5.56 Å². The Morgan fingerprint density at radius 3 is 2.60 bits per heavy atom. The molecule has 1 aromatic heterocycles. The summed E-state index contributed by atoms with van der Waals surface area (Å²) in [7, 11) is 1.71. The Kier molecular flexibility index (Phi) is 3.04. The van der Waals surface area contributed by atoms with Crippen molar-refractivity contribution in [1.82, 2.24) is 14.8 Å². The van der Waals surface area contributed by atoms with Gasteiger partial charge < -0.3 is 4.74 Å². The minimum absolute atomic E-state index is 0.0282. The zero-order valence-corrected chi connectivity index (χ0v) is 12.6. The molecule has 0 spiro atoms. The van der Waals surface area contributed by atoms with E-state index in [0.29, 0.717) is 6.04 Å². The molecule has 3 rings (SSSR count). The number of benzene rings is 1. The standard InChI is InChI=1S/C16H21N3O/c1-16(2,3)13-7-5-6-12(14(13)20-4)15-17-10-19(18-15)11-8-9-11/h5-7,10-11H,8-9H2,1-4H3. The number of para-hydroxylation sites is 1. The Morgan fingerprint density at radius 1 is 1.25 bits per heavy atom. The number of hydrogen-bond acceptors (Lipinski definition) is 3. The fourth-order valence-electron chi connectivity index (χ4n) is 2.44. The lowest BCUT2D eigenvalue weighted by Gasteiger charge is -2.23. The second kappa shape index (κ2) is 4.62. The SMILES string of the molecule is COc1c(-c2ncn(C3CC3)n2)cccc1C(C)(C)C. The fourth-order valence-corrected chi connectivity index (χ4v) is 2.44. The monoisotopic (exact) mass is 271 g/mol. The number of hydrogen-bond donors (Lipinski definition) is 0. The van der Waals surface area contributed by atoms with Crippen LogP contribution in [0.4, 0.5) is 0 Å². The summed E-state index contributed by atoms with van der Waals surface area (Å²) < 4.78 is 7.62. The van der Waals surface area contributed by atoms with Gasteiger partial charge in [-0.2, -0.15) is 5.10 Å². The van der Waals surface area contributed by atoms with Crippen molar-refractivity contribution in [2.24, 2.45) is 0 Å². The molecular weight excluding hydrogens is 250 g/mol. The molecule has 1 saturated carbocycles. The van der Waals surface area contributed by atoms with Crippen molar-refractivity contribution < 1.29 is 4.74 Å². The van der Waals surface area contributed by atoms with Crippen LogP contribution in [0.25, 0.3) is 11.4 Å². The molecule has 0 saturated heterocycles. The largest absolute Gasteiger partial charge is 0.496 e. The quantitative estimate of drug-likeness (QED) is 0.856. The van der Waals surface area contributed by atoms with Crippen LogP contribution in [-0.4, -0.2) is 21.9 Å². The number of ether oxygens (including phenoxy) is 1. The van der Waals surface area contributed by atoms with Crippen LogP contribution in [-0.2, 0) is 5.41 Å². The van der Waals surface area contributed by atoms with Crippen LogP contribution in [0.2, 0.25) is 0 Å². The van der Waals surface area contributed by atoms with Gasteiger partial charge in [-0.1, -0.05) is 32.9 Å².